The number of hydroxylamine groups is 2. The molecule has 1 aliphatic carbocycles. The highest BCUT2D eigenvalue weighted by molar-refractivity contribution is 5.98. The van der Waals surface area contributed by atoms with Crippen LogP contribution in [0.15, 0.2) is 53.8 Å². The van der Waals surface area contributed by atoms with Crippen molar-refractivity contribution in [2.45, 2.75) is 31.3 Å². The summed E-state index contributed by atoms with van der Waals surface area (Å²) >= 11 is 0. The second-order valence-corrected chi connectivity index (χ2v) is 9.87. The van der Waals surface area contributed by atoms with Gasteiger partial charge in [0, 0.05) is 56.8 Å². The van der Waals surface area contributed by atoms with Gasteiger partial charge in [0.25, 0.3) is 0 Å². The van der Waals surface area contributed by atoms with Crippen LogP contribution in [0.2, 0.25) is 0 Å². The number of morpholine rings is 1. The fourth-order valence-corrected chi connectivity index (χ4v) is 5.37. The summed E-state index contributed by atoms with van der Waals surface area (Å²) in [5.74, 6) is 0.693. The van der Waals surface area contributed by atoms with Gasteiger partial charge in [0.05, 0.1) is 31.5 Å². The molecule has 0 N–H and O–H groups in total. The first-order valence-corrected chi connectivity index (χ1v) is 12.8. The Labute approximate surface area is 206 Å². The Bertz CT molecular complexity index is 1110. The lowest BCUT2D eigenvalue weighted by Crippen LogP contribution is -2.48. The molecule has 6 rings (SSSR count). The highest BCUT2D eigenvalue weighted by Gasteiger charge is 2.47. The van der Waals surface area contributed by atoms with E-state index in [1.54, 1.807) is 6.20 Å². The molecule has 1 saturated heterocycles. The number of fused-ring (bicyclic) bond motifs is 2. The SMILES string of the molecule is [O-][N+]1(C2CC2)CN(CC2C/C=C/c3ccccc3C(OCCN3CCOCC3)=N2)c2cnccc21. The fourth-order valence-electron chi connectivity index (χ4n) is 5.37. The molecule has 0 spiro atoms. The largest absolute Gasteiger partial charge is 0.626 e. The predicted molar refractivity (Wildman–Crippen MR) is 138 cm³/mol. The first-order chi connectivity index (χ1) is 17.2. The normalized spacial score (nSPS) is 27.4. The summed E-state index contributed by atoms with van der Waals surface area (Å²) in [6.07, 6.45) is 10.7. The molecule has 8 nitrogen and oxygen atoms in total. The zero-order chi connectivity index (χ0) is 23.7. The Morgan fingerprint density at radius 2 is 2.00 bits per heavy atom. The molecule has 2 unspecified atom stereocenters. The Kier molecular flexibility index (Phi) is 6.28. The third-order valence-electron chi connectivity index (χ3n) is 7.42. The molecule has 2 fully saturated rings. The number of pyridine rings is 1. The van der Waals surface area contributed by atoms with Gasteiger partial charge in [0.1, 0.15) is 12.3 Å². The maximum absolute atomic E-state index is 13.8. The Hall–Kier alpha value is -2.78. The molecule has 3 aliphatic heterocycles. The minimum Gasteiger partial charge on any atom is -0.626 e. The van der Waals surface area contributed by atoms with Crippen LogP contribution in [0.3, 0.4) is 0 Å². The lowest BCUT2D eigenvalue weighted by Gasteiger charge is -2.39. The Morgan fingerprint density at radius 1 is 1.14 bits per heavy atom. The van der Waals surface area contributed by atoms with Crippen molar-refractivity contribution in [2.24, 2.45) is 4.99 Å². The second-order valence-electron chi connectivity index (χ2n) is 9.87. The number of anilines is 1. The standard InChI is InChI=1S/C27H33N5O3/c33-32(23-8-9-23)20-31(25-18-28-11-10-26(25)32)19-22-6-3-5-21-4-1-2-7-24(21)27(29-22)35-17-14-30-12-15-34-16-13-30/h1-5,7,10-11,18,22-23H,6,8-9,12-17,19-20H2/b5-3+,29-27?. The van der Waals surface area contributed by atoms with Crippen LogP contribution in [0.1, 0.15) is 30.4 Å². The van der Waals surface area contributed by atoms with Gasteiger partial charge in [-0.15, -0.1) is 0 Å². The van der Waals surface area contributed by atoms with E-state index in [1.807, 2.05) is 24.4 Å². The summed E-state index contributed by atoms with van der Waals surface area (Å²) in [6, 6.07) is 10.3. The number of aliphatic imine (C=N–C) groups is 1. The van der Waals surface area contributed by atoms with Gasteiger partial charge in [0.2, 0.25) is 5.90 Å². The van der Waals surface area contributed by atoms with Gasteiger partial charge in [-0.2, -0.15) is 0 Å². The maximum Gasteiger partial charge on any atom is 0.217 e. The van der Waals surface area contributed by atoms with Crippen molar-refractivity contribution in [2.75, 3.05) is 57.6 Å². The van der Waals surface area contributed by atoms with Crippen molar-refractivity contribution in [1.29, 1.82) is 0 Å². The van der Waals surface area contributed by atoms with Gasteiger partial charge < -0.3 is 24.2 Å². The smallest absolute Gasteiger partial charge is 0.217 e. The van der Waals surface area contributed by atoms with Crippen molar-refractivity contribution >= 4 is 23.3 Å². The zero-order valence-corrected chi connectivity index (χ0v) is 20.1. The Balaban J connectivity index is 1.23. The van der Waals surface area contributed by atoms with Crippen LogP contribution in [0.4, 0.5) is 11.4 Å². The summed E-state index contributed by atoms with van der Waals surface area (Å²) in [5.41, 5.74) is 3.94. The van der Waals surface area contributed by atoms with Gasteiger partial charge in [-0.25, -0.2) is 4.99 Å². The highest BCUT2D eigenvalue weighted by Crippen LogP contribution is 2.47. The van der Waals surface area contributed by atoms with Crippen molar-refractivity contribution in [3.8, 4) is 0 Å². The molecule has 0 amide bonds. The van der Waals surface area contributed by atoms with Crippen LogP contribution in [0.25, 0.3) is 6.08 Å². The summed E-state index contributed by atoms with van der Waals surface area (Å²) in [4.78, 5) is 14.0. The minimum atomic E-state index is -0.254. The van der Waals surface area contributed by atoms with Crippen molar-refractivity contribution in [3.63, 3.8) is 0 Å². The van der Waals surface area contributed by atoms with Gasteiger partial charge in [0.15, 0.2) is 12.4 Å². The second kappa shape index (κ2) is 9.70. The predicted octanol–water partition coefficient (Wildman–Crippen LogP) is 3.41. The van der Waals surface area contributed by atoms with E-state index in [9.17, 15) is 5.21 Å². The number of hydrogen-bond acceptors (Lipinski definition) is 7. The van der Waals surface area contributed by atoms with Crippen LogP contribution in [-0.4, -0.2) is 80.5 Å². The number of benzene rings is 1. The van der Waals surface area contributed by atoms with Crippen molar-refractivity contribution in [1.82, 2.24) is 14.5 Å². The van der Waals surface area contributed by atoms with E-state index in [2.05, 4.69) is 39.1 Å². The summed E-state index contributed by atoms with van der Waals surface area (Å²) < 4.78 is 11.5. The van der Waals surface area contributed by atoms with E-state index >= 15 is 0 Å². The van der Waals surface area contributed by atoms with E-state index in [0.29, 0.717) is 25.7 Å². The lowest BCUT2D eigenvalue weighted by molar-refractivity contribution is 0.0315. The average molecular weight is 476 g/mol. The summed E-state index contributed by atoms with van der Waals surface area (Å²) in [6.45, 7) is 5.98. The molecule has 2 atom stereocenters. The first-order valence-electron chi connectivity index (χ1n) is 12.8. The van der Waals surface area contributed by atoms with Crippen LogP contribution in [0.5, 0.6) is 0 Å². The highest BCUT2D eigenvalue weighted by atomic mass is 16.6. The van der Waals surface area contributed by atoms with E-state index < -0.39 is 0 Å². The molecule has 2 aromatic rings. The molecule has 1 saturated carbocycles. The molecular formula is C27H33N5O3. The monoisotopic (exact) mass is 475 g/mol. The summed E-state index contributed by atoms with van der Waals surface area (Å²) in [7, 11) is 0. The van der Waals surface area contributed by atoms with Crippen molar-refractivity contribution in [3.05, 3.63) is 65.1 Å². The number of nitrogens with zero attached hydrogens (tertiary/aromatic N) is 5. The minimum absolute atomic E-state index is 0.0169. The first kappa shape index (κ1) is 22.7. The molecule has 4 aliphatic rings. The number of aromatic nitrogens is 1. The van der Waals surface area contributed by atoms with Gasteiger partial charge >= 0.3 is 0 Å². The van der Waals surface area contributed by atoms with E-state index in [1.165, 1.54) is 0 Å². The molecule has 0 radical (unpaired) electrons. The quantitative estimate of drug-likeness (QED) is 0.471. The number of quaternary nitrogens is 1. The third-order valence-corrected chi connectivity index (χ3v) is 7.42. The van der Waals surface area contributed by atoms with Crippen molar-refractivity contribution < 1.29 is 9.47 Å². The maximum atomic E-state index is 13.8. The Morgan fingerprint density at radius 3 is 2.86 bits per heavy atom. The van der Waals surface area contributed by atoms with Gasteiger partial charge in [-0.1, -0.05) is 30.4 Å². The fraction of sp³-hybridized carbons (Fsp3) is 0.481. The summed E-state index contributed by atoms with van der Waals surface area (Å²) in [5, 5.41) is 13.8. The van der Waals surface area contributed by atoms with E-state index in [-0.39, 0.29) is 16.7 Å². The van der Waals surface area contributed by atoms with Gasteiger partial charge in [-0.3, -0.25) is 9.88 Å². The molecular weight excluding hydrogens is 442 g/mol. The lowest BCUT2D eigenvalue weighted by atomic mass is 10.0. The molecule has 35 heavy (non-hydrogen) atoms. The molecule has 0 bridgehead atoms. The molecule has 8 heteroatoms. The zero-order valence-electron chi connectivity index (χ0n) is 20.1. The number of ether oxygens (including phenoxy) is 2. The molecule has 4 heterocycles. The third kappa shape index (κ3) is 4.71. The molecule has 1 aromatic heterocycles. The number of rotatable bonds is 6. The van der Waals surface area contributed by atoms with Crippen LogP contribution >= 0.6 is 0 Å². The van der Waals surface area contributed by atoms with Gasteiger partial charge in [-0.05, 0) is 18.1 Å². The van der Waals surface area contributed by atoms with E-state index in [4.69, 9.17) is 14.5 Å². The van der Waals surface area contributed by atoms with E-state index in [0.717, 1.165) is 74.6 Å². The average Bonchev–Trinajstić information content (AvgIpc) is 3.70. The van der Waals surface area contributed by atoms with Crippen LogP contribution in [0, 0.1) is 5.21 Å². The van der Waals surface area contributed by atoms with Crippen LogP contribution in [-0.2, 0) is 9.47 Å². The molecule has 1 aromatic carbocycles. The van der Waals surface area contributed by atoms with Crippen LogP contribution < -0.4 is 9.55 Å². The number of hydrogen-bond donors (Lipinski definition) is 0. The molecule has 184 valence electrons. The topological polar surface area (TPSA) is 73.2 Å².